The smallest absolute Gasteiger partial charge is 0.362 e. The van der Waals surface area contributed by atoms with Crippen LogP contribution in [0.15, 0.2) is 34.8 Å². The SMILES string of the molecule is FC(F)(F)c1nn(CCCNC(=S)Nc2ccccc2)c(C2CC2)c1Br. The van der Waals surface area contributed by atoms with Gasteiger partial charge in [0.25, 0.3) is 0 Å². The highest BCUT2D eigenvalue weighted by molar-refractivity contribution is 9.10. The largest absolute Gasteiger partial charge is 0.436 e. The first-order valence-electron chi connectivity index (χ1n) is 8.29. The number of nitrogens with one attached hydrogen (secondary N) is 2. The molecule has 0 bridgehead atoms. The Kier molecular flexibility index (Phi) is 5.86. The van der Waals surface area contributed by atoms with Gasteiger partial charge < -0.3 is 10.6 Å². The number of para-hydroxylation sites is 1. The average molecular weight is 447 g/mol. The molecule has 0 aliphatic heterocycles. The minimum Gasteiger partial charge on any atom is -0.362 e. The summed E-state index contributed by atoms with van der Waals surface area (Å²) in [5.74, 6) is 0.168. The molecule has 1 saturated carbocycles. The van der Waals surface area contributed by atoms with Crippen molar-refractivity contribution in [2.45, 2.75) is 37.9 Å². The van der Waals surface area contributed by atoms with E-state index in [1.54, 1.807) is 0 Å². The number of anilines is 1. The van der Waals surface area contributed by atoms with Crippen molar-refractivity contribution in [3.63, 3.8) is 0 Å². The van der Waals surface area contributed by atoms with Gasteiger partial charge in [0, 0.05) is 24.7 Å². The highest BCUT2D eigenvalue weighted by atomic mass is 79.9. The Balaban J connectivity index is 1.54. The second kappa shape index (κ2) is 7.96. The minimum absolute atomic E-state index is 0.0849. The molecule has 0 spiro atoms. The average Bonchev–Trinajstić information content (AvgIpc) is 3.35. The van der Waals surface area contributed by atoms with Crippen LogP contribution in [-0.2, 0) is 12.7 Å². The summed E-state index contributed by atoms with van der Waals surface area (Å²) in [6.07, 6.45) is -2.02. The normalized spacial score (nSPS) is 14.3. The molecule has 4 nitrogen and oxygen atoms in total. The monoisotopic (exact) mass is 446 g/mol. The molecule has 9 heteroatoms. The van der Waals surface area contributed by atoms with E-state index < -0.39 is 11.9 Å². The van der Waals surface area contributed by atoms with Crippen LogP contribution in [0.2, 0.25) is 0 Å². The number of alkyl halides is 3. The van der Waals surface area contributed by atoms with Gasteiger partial charge >= 0.3 is 6.18 Å². The summed E-state index contributed by atoms with van der Waals surface area (Å²) in [4.78, 5) is 0. The zero-order valence-electron chi connectivity index (χ0n) is 13.8. The Hall–Kier alpha value is -1.61. The van der Waals surface area contributed by atoms with Gasteiger partial charge in [0.05, 0.1) is 10.2 Å². The zero-order chi connectivity index (χ0) is 18.7. The van der Waals surface area contributed by atoms with Crippen LogP contribution in [0.25, 0.3) is 0 Å². The molecule has 1 heterocycles. The molecule has 0 saturated heterocycles. The van der Waals surface area contributed by atoms with E-state index in [0.717, 1.165) is 18.5 Å². The Bertz CT molecular complexity index is 772. The number of rotatable bonds is 6. The van der Waals surface area contributed by atoms with Crippen LogP contribution < -0.4 is 10.6 Å². The summed E-state index contributed by atoms with van der Waals surface area (Å²) in [6, 6.07) is 9.51. The van der Waals surface area contributed by atoms with Gasteiger partial charge in [-0.15, -0.1) is 0 Å². The van der Waals surface area contributed by atoms with Crippen molar-refractivity contribution in [3.8, 4) is 0 Å². The number of hydrogen-bond acceptors (Lipinski definition) is 2. The standard InChI is InChI=1S/C17H18BrF3N4S/c18-13-14(11-7-8-11)25(24-15(13)17(19,20)21)10-4-9-22-16(26)23-12-5-2-1-3-6-12/h1-3,5-6,11H,4,7-10H2,(H2,22,23,26). The number of thiocarbonyl (C=S) groups is 1. The summed E-state index contributed by atoms with van der Waals surface area (Å²) in [5, 5.41) is 10.4. The molecule has 0 amide bonds. The molecule has 0 radical (unpaired) electrons. The van der Waals surface area contributed by atoms with E-state index in [-0.39, 0.29) is 10.4 Å². The Morgan fingerprint density at radius 3 is 2.58 bits per heavy atom. The third kappa shape index (κ3) is 4.76. The van der Waals surface area contributed by atoms with E-state index >= 15 is 0 Å². The van der Waals surface area contributed by atoms with Crippen LogP contribution in [0.4, 0.5) is 18.9 Å². The second-order valence-electron chi connectivity index (χ2n) is 6.14. The fraction of sp³-hybridized carbons (Fsp3) is 0.412. The van der Waals surface area contributed by atoms with Gasteiger partial charge in [-0.05, 0) is 59.5 Å². The van der Waals surface area contributed by atoms with Gasteiger partial charge in [0.2, 0.25) is 0 Å². The molecule has 1 aromatic carbocycles. The number of benzene rings is 1. The Morgan fingerprint density at radius 1 is 1.27 bits per heavy atom. The molecule has 0 unspecified atom stereocenters. The molecule has 0 atom stereocenters. The second-order valence-corrected chi connectivity index (χ2v) is 7.34. The molecular weight excluding hydrogens is 429 g/mol. The van der Waals surface area contributed by atoms with Crippen LogP contribution in [0.5, 0.6) is 0 Å². The van der Waals surface area contributed by atoms with Crippen LogP contribution in [-0.4, -0.2) is 21.4 Å². The van der Waals surface area contributed by atoms with E-state index in [2.05, 4.69) is 31.7 Å². The van der Waals surface area contributed by atoms with Crippen LogP contribution in [0.1, 0.15) is 36.6 Å². The van der Waals surface area contributed by atoms with Crippen molar-refractivity contribution >= 4 is 38.9 Å². The highest BCUT2D eigenvalue weighted by Crippen LogP contribution is 2.46. The lowest BCUT2D eigenvalue weighted by Crippen LogP contribution is -2.29. The number of aromatic nitrogens is 2. The predicted octanol–water partition coefficient (Wildman–Crippen LogP) is 4.92. The first-order chi connectivity index (χ1) is 12.4. The molecule has 1 aromatic heterocycles. The van der Waals surface area contributed by atoms with Crippen molar-refractivity contribution in [3.05, 3.63) is 46.2 Å². The Labute approximate surface area is 163 Å². The molecule has 1 aliphatic carbocycles. The molecule has 1 fully saturated rings. The first kappa shape index (κ1) is 19.2. The van der Waals surface area contributed by atoms with Gasteiger partial charge in [0.1, 0.15) is 0 Å². The van der Waals surface area contributed by atoms with E-state index in [1.807, 2.05) is 30.3 Å². The van der Waals surface area contributed by atoms with Crippen molar-refractivity contribution < 1.29 is 13.2 Å². The maximum absolute atomic E-state index is 13.1. The number of aryl methyl sites for hydroxylation is 1. The van der Waals surface area contributed by atoms with Gasteiger partial charge in [-0.25, -0.2) is 0 Å². The first-order valence-corrected chi connectivity index (χ1v) is 9.49. The van der Waals surface area contributed by atoms with E-state index in [9.17, 15) is 13.2 Å². The molecule has 140 valence electrons. The van der Waals surface area contributed by atoms with Gasteiger partial charge in [-0.3, -0.25) is 4.68 Å². The summed E-state index contributed by atoms with van der Waals surface area (Å²) in [7, 11) is 0. The van der Waals surface area contributed by atoms with Gasteiger partial charge in [-0.2, -0.15) is 18.3 Å². The van der Waals surface area contributed by atoms with Gasteiger partial charge in [0.15, 0.2) is 10.8 Å². The predicted molar refractivity (Wildman–Crippen MR) is 102 cm³/mol. The maximum Gasteiger partial charge on any atom is 0.436 e. The lowest BCUT2D eigenvalue weighted by atomic mass is 10.2. The summed E-state index contributed by atoms with van der Waals surface area (Å²) in [5.41, 5.74) is 0.697. The van der Waals surface area contributed by atoms with Crippen molar-refractivity contribution in [2.24, 2.45) is 0 Å². The zero-order valence-corrected chi connectivity index (χ0v) is 16.2. The maximum atomic E-state index is 13.1. The van der Waals surface area contributed by atoms with Crippen LogP contribution >= 0.6 is 28.1 Å². The fourth-order valence-electron chi connectivity index (χ4n) is 2.68. The summed E-state index contributed by atoms with van der Waals surface area (Å²) in [6.45, 7) is 0.947. The van der Waals surface area contributed by atoms with Crippen LogP contribution in [0, 0.1) is 0 Å². The van der Waals surface area contributed by atoms with E-state index in [0.29, 0.717) is 30.3 Å². The number of hydrogen-bond donors (Lipinski definition) is 2. The highest BCUT2D eigenvalue weighted by Gasteiger charge is 2.41. The topological polar surface area (TPSA) is 41.9 Å². The molecule has 1 aliphatic rings. The quantitative estimate of drug-likeness (QED) is 0.488. The third-order valence-electron chi connectivity index (χ3n) is 4.03. The van der Waals surface area contributed by atoms with Gasteiger partial charge in [-0.1, -0.05) is 18.2 Å². The van der Waals surface area contributed by atoms with E-state index in [1.165, 1.54) is 4.68 Å². The molecular formula is C17H18BrF3N4S. The Morgan fingerprint density at radius 2 is 1.96 bits per heavy atom. The van der Waals surface area contributed by atoms with E-state index in [4.69, 9.17) is 12.2 Å². The summed E-state index contributed by atoms with van der Waals surface area (Å²) < 4.78 is 40.8. The number of halogens is 4. The third-order valence-corrected chi connectivity index (χ3v) is 5.06. The van der Waals surface area contributed by atoms with Crippen molar-refractivity contribution in [2.75, 3.05) is 11.9 Å². The molecule has 2 N–H and O–H groups in total. The molecule has 2 aromatic rings. The summed E-state index contributed by atoms with van der Waals surface area (Å²) >= 11 is 8.31. The van der Waals surface area contributed by atoms with Crippen molar-refractivity contribution in [1.29, 1.82) is 0 Å². The lowest BCUT2D eigenvalue weighted by molar-refractivity contribution is -0.142. The lowest BCUT2D eigenvalue weighted by Gasteiger charge is -2.11. The molecule has 3 rings (SSSR count). The van der Waals surface area contributed by atoms with Crippen LogP contribution in [0.3, 0.4) is 0 Å². The molecule has 26 heavy (non-hydrogen) atoms. The van der Waals surface area contributed by atoms with Crippen molar-refractivity contribution in [1.82, 2.24) is 15.1 Å². The fourth-order valence-corrected chi connectivity index (χ4v) is 3.73. The minimum atomic E-state index is -4.45. The number of nitrogens with zero attached hydrogens (tertiary/aromatic N) is 2.